The molecule has 118 valence electrons. The average molecular weight is 302 g/mol. The first-order valence-electron chi connectivity index (χ1n) is 8.95. The molecule has 23 heavy (non-hydrogen) atoms. The minimum atomic E-state index is 0.0783. The van der Waals surface area contributed by atoms with E-state index in [0.29, 0.717) is 5.92 Å². The van der Waals surface area contributed by atoms with Gasteiger partial charge in [-0.25, -0.2) is 0 Å². The van der Waals surface area contributed by atoms with Gasteiger partial charge in [-0.15, -0.1) is 0 Å². The van der Waals surface area contributed by atoms with Crippen molar-refractivity contribution in [2.45, 2.75) is 51.9 Å². The molecule has 0 saturated heterocycles. The van der Waals surface area contributed by atoms with Crippen LogP contribution in [0, 0.1) is 5.92 Å². The molecule has 0 heteroatoms. The van der Waals surface area contributed by atoms with Crippen LogP contribution in [0.25, 0.3) is 0 Å². The van der Waals surface area contributed by atoms with Gasteiger partial charge < -0.3 is 0 Å². The molecule has 1 atom stereocenters. The van der Waals surface area contributed by atoms with Crippen molar-refractivity contribution >= 4 is 0 Å². The lowest BCUT2D eigenvalue weighted by atomic mass is 9.70. The molecule has 0 saturated carbocycles. The Morgan fingerprint density at radius 1 is 1.13 bits per heavy atom. The number of rotatable bonds is 1. The second kappa shape index (κ2) is 5.09. The molecule has 0 aliphatic heterocycles. The van der Waals surface area contributed by atoms with E-state index in [1.54, 1.807) is 5.57 Å². The van der Waals surface area contributed by atoms with Gasteiger partial charge in [0.15, 0.2) is 0 Å². The highest BCUT2D eigenvalue weighted by Crippen LogP contribution is 2.60. The molecule has 3 aliphatic rings. The molecule has 0 heterocycles. The number of allylic oxidation sites excluding steroid dienone is 7. The van der Waals surface area contributed by atoms with Crippen LogP contribution in [0.3, 0.4) is 0 Å². The van der Waals surface area contributed by atoms with Crippen molar-refractivity contribution in [2.75, 3.05) is 0 Å². The summed E-state index contributed by atoms with van der Waals surface area (Å²) in [5, 5.41) is 0. The Bertz CT molecular complexity index is 782. The van der Waals surface area contributed by atoms with Gasteiger partial charge in [0.1, 0.15) is 0 Å². The molecule has 0 nitrogen and oxygen atoms in total. The summed E-state index contributed by atoms with van der Waals surface area (Å²) in [5.74, 6) is 0.554. The third-order valence-electron chi connectivity index (χ3n) is 5.84. The normalized spacial score (nSPS) is 27.9. The van der Waals surface area contributed by atoms with E-state index in [1.807, 2.05) is 0 Å². The van der Waals surface area contributed by atoms with Gasteiger partial charge in [0.25, 0.3) is 0 Å². The van der Waals surface area contributed by atoms with Gasteiger partial charge in [0.05, 0.1) is 0 Å². The quantitative estimate of drug-likeness (QED) is 0.591. The predicted octanol–water partition coefficient (Wildman–Crippen LogP) is 6.06. The van der Waals surface area contributed by atoms with Crippen LogP contribution in [0.2, 0.25) is 0 Å². The summed E-state index contributed by atoms with van der Waals surface area (Å²) in [6, 6.07) is 9.07. The van der Waals surface area contributed by atoms with Gasteiger partial charge in [-0.05, 0) is 71.9 Å². The predicted molar refractivity (Wildman–Crippen MR) is 98.5 cm³/mol. The van der Waals surface area contributed by atoms with Crippen LogP contribution >= 0.6 is 0 Å². The Balaban J connectivity index is 2.02. The van der Waals surface area contributed by atoms with Crippen LogP contribution in [0.1, 0.15) is 51.2 Å². The minimum Gasteiger partial charge on any atom is -0.0912 e. The van der Waals surface area contributed by atoms with Gasteiger partial charge in [-0.1, -0.05) is 62.4 Å². The van der Waals surface area contributed by atoms with Gasteiger partial charge in [0, 0.05) is 5.41 Å². The second-order valence-electron chi connectivity index (χ2n) is 7.75. The third-order valence-corrected chi connectivity index (χ3v) is 5.84. The Labute approximate surface area is 140 Å². The zero-order valence-corrected chi connectivity index (χ0v) is 14.6. The third kappa shape index (κ3) is 1.97. The van der Waals surface area contributed by atoms with Crippen LogP contribution in [0.5, 0.6) is 0 Å². The topological polar surface area (TPSA) is 0 Å². The van der Waals surface area contributed by atoms with Crippen molar-refractivity contribution in [3.63, 3.8) is 0 Å². The van der Waals surface area contributed by atoms with E-state index in [9.17, 15) is 0 Å². The van der Waals surface area contributed by atoms with Crippen molar-refractivity contribution in [1.29, 1.82) is 0 Å². The molecule has 0 N–H and O–H groups in total. The van der Waals surface area contributed by atoms with Gasteiger partial charge >= 0.3 is 0 Å². The fourth-order valence-corrected chi connectivity index (χ4v) is 4.87. The Morgan fingerprint density at radius 2 is 1.91 bits per heavy atom. The molecule has 1 aromatic rings. The zero-order valence-electron chi connectivity index (χ0n) is 14.6. The lowest BCUT2D eigenvalue weighted by molar-refractivity contribution is 0.606. The van der Waals surface area contributed by atoms with Gasteiger partial charge in [0.2, 0.25) is 0 Å². The summed E-state index contributed by atoms with van der Waals surface area (Å²) >= 11 is 0. The summed E-state index contributed by atoms with van der Waals surface area (Å²) in [6.45, 7) is 11.4. The van der Waals surface area contributed by atoms with E-state index in [2.05, 4.69) is 63.8 Å². The molecular weight excluding hydrogens is 276 g/mol. The number of aryl methyl sites for hydroxylation is 1. The van der Waals surface area contributed by atoms with Crippen LogP contribution in [-0.2, 0) is 11.8 Å². The molecule has 1 aromatic carbocycles. The largest absolute Gasteiger partial charge is 0.0912 e. The van der Waals surface area contributed by atoms with Crippen molar-refractivity contribution in [3.05, 3.63) is 82.0 Å². The molecule has 0 radical (unpaired) electrons. The molecule has 0 amide bonds. The highest BCUT2D eigenvalue weighted by molar-refractivity contribution is 5.73. The Morgan fingerprint density at radius 3 is 2.70 bits per heavy atom. The fourth-order valence-electron chi connectivity index (χ4n) is 4.87. The molecule has 1 spiro atoms. The van der Waals surface area contributed by atoms with E-state index in [1.165, 1.54) is 52.7 Å². The highest BCUT2D eigenvalue weighted by atomic mass is 14.5. The molecule has 0 aromatic heterocycles. The SMILES string of the molecule is C=C1C2=C(C=C(C)CC2)C2(CCc3ccccc32)/C1=C/C(C)C. The maximum absolute atomic E-state index is 4.53. The molecule has 0 bridgehead atoms. The number of fused-ring (bicyclic) bond motifs is 3. The van der Waals surface area contributed by atoms with Crippen LogP contribution in [0.4, 0.5) is 0 Å². The second-order valence-corrected chi connectivity index (χ2v) is 7.75. The lowest BCUT2D eigenvalue weighted by Crippen LogP contribution is -2.25. The number of benzene rings is 1. The van der Waals surface area contributed by atoms with Crippen LogP contribution < -0.4 is 0 Å². The zero-order chi connectivity index (χ0) is 16.2. The maximum Gasteiger partial charge on any atom is 0.0462 e. The van der Waals surface area contributed by atoms with Crippen LogP contribution in [0.15, 0.2) is 70.9 Å². The first-order chi connectivity index (χ1) is 11.0. The van der Waals surface area contributed by atoms with E-state index >= 15 is 0 Å². The average Bonchev–Trinajstić information content (AvgIpc) is 3.01. The fraction of sp³-hybridized carbons (Fsp3) is 0.391. The molecule has 4 rings (SSSR count). The van der Waals surface area contributed by atoms with Crippen molar-refractivity contribution in [1.82, 2.24) is 0 Å². The highest BCUT2D eigenvalue weighted by Gasteiger charge is 2.50. The first-order valence-corrected chi connectivity index (χ1v) is 8.95. The lowest BCUT2D eigenvalue weighted by Gasteiger charge is -2.32. The molecule has 1 unspecified atom stereocenters. The summed E-state index contributed by atoms with van der Waals surface area (Å²) in [7, 11) is 0. The van der Waals surface area contributed by atoms with Gasteiger partial charge in [-0.3, -0.25) is 0 Å². The van der Waals surface area contributed by atoms with Crippen molar-refractivity contribution in [3.8, 4) is 0 Å². The van der Waals surface area contributed by atoms with E-state index < -0.39 is 0 Å². The number of hydrogen-bond donors (Lipinski definition) is 0. The minimum absolute atomic E-state index is 0.0783. The van der Waals surface area contributed by atoms with E-state index in [-0.39, 0.29) is 5.41 Å². The molecular formula is C23H26. The maximum atomic E-state index is 4.53. The molecule has 0 fully saturated rings. The standard InChI is InChI=1S/C23H26/c1-15(2)13-21-17(4)19-10-9-16(3)14-22(19)23(21)12-11-18-7-5-6-8-20(18)23/h5-8,13-15H,4,9-12H2,1-3H3/b21-13+. The first kappa shape index (κ1) is 14.8. The smallest absolute Gasteiger partial charge is 0.0462 e. The van der Waals surface area contributed by atoms with Crippen molar-refractivity contribution < 1.29 is 0 Å². The van der Waals surface area contributed by atoms with Gasteiger partial charge in [-0.2, -0.15) is 0 Å². The van der Waals surface area contributed by atoms with E-state index in [4.69, 9.17) is 0 Å². The summed E-state index contributed by atoms with van der Waals surface area (Å²) in [5.41, 5.74) is 10.6. The number of hydrogen-bond acceptors (Lipinski definition) is 0. The molecule has 3 aliphatic carbocycles. The monoisotopic (exact) mass is 302 g/mol. The van der Waals surface area contributed by atoms with E-state index in [0.717, 1.165) is 6.42 Å². The van der Waals surface area contributed by atoms with Crippen LogP contribution in [-0.4, -0.2) is 0 Å². The Kier molecular flexibility index (Phi) is 3.27. The summed E-state index contributed by atoms with van der Waals surface area (Å²) in [6.07, 6.45) is 9.69. The summed E-state index contributed by atoms with van der Waals surface area (Å²) < 4.78 is 0. The van der Waals surface area contributed by atoms with Crippen molar-refractivity contribution in [2.24, 2.45) is 5.92 Å². The summed E-state index contributed by atoms with van der Waals surface area (Å²) in [4.78, 5) is 0. The Hall–Kier alpha value is -1.82.